The molecule has 0 saturated carbocycles. The van der Waals surface area contributed by atoms with Gasteiger partial charge in [-0.25, -0.2) is 29.9 Å². The zero-order valence-corrected chi connectivity index (χ0v) is 44.0. The molecule has 15 heterocycles. The molecular weight excluding hydrogens is 1030 g/mol. The van der Waals surface area contributed by atoms with Crippen molar-refractivity contribution in [3.63, 3.8) is 0 Å². The highest BCUT2D eigenvalue weighted by Crippen LogP contribution is 2.21. The lowest BCUT2D eigenvalue weighted by atomic mass is 10.2. The zero-order valence-electron chi connectivity index (χ0n) is 44.0. The van der Waals surface area contributed by atoms with E-state index in [2.05, 4.69) is 98.7 Å². The van der Waals surface area contributed by atoms with Crippen LogP contribution >= 0.6 is 0 Å². The molecule has 0 unspecified atom stereocenters. The van der Waals surface area contributed by atoms with Crippen LogP contribution in [0, 0.1) is 0 Å². The van der Waals surface area contributed by atoms with Gasteiger partial charge in [-0.2, -0.15) is 0 Å². The van der Waals surface area contributed by atoms with Crippen molar-refractivity contribution in [1.29, 1.82) is 0 Å². The van der Waals surface area contributed by atoms with E-state index in [1.165, 1.54) is 0 Å². The summed E-state index contributed by atoms with van der Waals surface area (Å²) in [5.41, 5.74) is 57.7. The molecule has 0 amide bonds. The summed E-state index contributed by atoms with van der Waals surface area (Å²) in [5.74, 6) is 0. The first-order valence-electron chi connectivity index (χ1n) is 26.8. The van der Waals surface area contributed by atoms with Gasteiger partial charge in [0.15, 0.2) is 0 Å². The third kappa shape index (κ3) is 9.68. The molecule has 0 fully saturated rings. The topological polar surface area (TPSA) is 172 Å². The van der Waals surface area contributed by atoms with E-state index >= 15 is 0 Å². The van der Waals surface area contributed by atoms with Crippen LogP contribution in [0.1, 0.15) is 51.2 Å². The lowest BCUT2D eigenvalue weighted by Gasteiger charge is -1.88. The van der Waals surface area contributed by atoms with E-state index in [0.29, 0.717) is 65.5 Å². The minimum Gasteiger partial charge on any atom is -0.355 e. The van der Waals surface area contributed by atoms with Gasteiger partial charge in [-0.3, -0.25) is 0 Å². The van der Waals surface area contributed by atoms with Gasteiger partial charge in [-0.05, 0) is 216 Å². The highest BCUT2D eigenvalue weighted by Gasteiger charge is 2.11. The normalized spacial score (nSPS) is 13.1. The Morgan fingerprint density at radius 1 is 0.238 bits per heavy atom. The first-order valence-corrected chi connectivity index (χ1v) is 26.8. The van der Waals surface area contributed by atoms with Gasteiger partial charge in [0.2, 0.25) is 0 Å². The largest absolute Gasteiger partial charge is 0.355 e. The molecule has 16 rings (SSSR count). The van der Waals surface area contributed by atoms with Gasteiger partial charge in [0.25, 0.3) is 0 Å². The Morgan fingerprint density at radius 3 is 0.798 bits per heavy atom. The molecule has 0 radical (unpaired) electrons. The predicted octanol–water partition coefficient (Wildman–Crippen LogP) is 9.62. The van der Waals surface area contributed by atoms with E-state index in [-0.39, 0.29) is 0 Å². The van der Waals surface area contributed by atoms with E-state index in [4.69, 9.17) is 29.9 Å². The summed E-state index contributed by atoms with van der Waals surface area (Å²) in [5, 5.41) is 4.25. The zero-order chi connectivity index (χ0) is 55.5. The maximum absolute atomic E-state index is 5.11. The first-order chi connectivity index (χ1) is 41.3. The quantitative estimate of drug-likeness (QED) is 0.0826. The van der Waals surface area contributed by atoms with Gasteiger partial charge < -0.3 is 29.9 Å². The molecule has 0 saturated heterocycles. The number of hydrogen-bond donors (Lipinski definition) is 6. The monoisotopic (exact) mass is 1070 g/mol. The first kappa shape index (κ1) is 47.2. The number of nitrogens with one attached hydrogen (secondary N) is 6. The molecule has 6 N–H and O–H groups in total. The van der Waals surface area contributed by atoms with Crippen LogP contribution in [0.15, 0.2) is 179 Å². The minimum absolute atomic E-state index is 0.632. The van der Waals surface area contributed by atoms with Crippen molar-refractivity contribution in [3.8, 4) is 0 Å². The molecule has 0 spiro atoms. The van der Waals surface area contributed by atoms with E-state index in [9.17, 15) is 0 Å². The van der Waals surface area contributed by atoms with Crippen LogP contribution in [-0.2, 0) is 0 Å². The second-order valence-corrected chi connectivity index (χ2v) is 20.3. The average molecular weight is 1070 g/mol. The Hall–Kier alpha value is -12.8. The van der Waals surface area contributed by atoms with Crippen LogP contribution in [-0.4, -0.2) is 59.8 Å². The molecule has 384 valence electrons. The molecule has 0 aromatic carbocycles. The minimum atomic E-state index is 0.632. The highest BCUT2D eigenvalue weighted by molar-refractivity contribution is 5.92. The maximum Gasteiger partial charge on any atom is 0.0815 e. The maximum atomic E-state index is 5.11. The third-order valence-corrected chi connectivity index (χ3v) is 14.2. The van der Waals surface area contributed by atoms with Gasteiger partial charge in [0.1, 0.15) is 0 Å². The highest BCUT2D eigenvalue weighted by atomic mass is 14.8. The second kappa shape index (κ2) is 19.5. The van der Waals surface area contributed by atoms with Gasteiger partial charge in [0.05, 0.1) is 116 Å². The summed E-state index contributed by atoms with van der Waals surface area (Å²) < 4.78 is 0. The molecular formula is C72H36N12. The van der Waals surface area contributed by atoms with Crippen molar-refractivity contribution in [2.75, 3.05) is 0 Å². The van der Waals surface area contributed by atoms with Crippen LogP contribution in [0.25, 0.3) is 155 Å². The Balaban J connectivity index is 1.05. The number of allylic oxidation sites excluding steroid dienone is 3. The molecule has 9 aromatic heterocycles. The average Bonchev–Trinajstić information content (AvgIpc) is 4.03. The van der Waals surface area contributed by atoms with Crippen molar-refractivity contribution < 1.29 is 0 Å². The smallest absolute Gasteiger partial charge is 0.0815 e. The van der Waals surface area contributed by atoms with Crippen molar-refractivity contribution in [2.45, 2.75) is 0 Å². The Morgan fingerprint density at radius 2 is 0.500 bits per heavy atom. The predicted molar refractivity (Wildman–Crippen MR) is 333 cm³/mol. The Bertz CT molecular complexity index is 6150. The van der Waals surface area contributed by atoms with E-state index < -0.39 is 0 Å². The van der Waals surface area contributed by atoms with Gasteiger partial charge in [-0.1, -0.05) is 34.4 Å². The Labute approximate surface area is 474 Å². The van der Waals surface area contributed by atoms with Gasteiger partial charge in [0, 0.05) is 49.7 Å². The number of hydrogen-bond acceptors (Lipinski definition) is 6. The number of aromatic nitrogens is 12. The summed E-state index contributed by atoms with van der Waals surface area (Å²) in [6.07, 6.45) is 17.9. The van der Waals surface area contributed by atoms with E-state index in [1.54, 1.807) is 0 Å². The summed E-state index contributed by atoms with van der Waals surface area (Å²) >= 11 is 0. The number of rotatable bonds is 0. The van der Waals surface area contributed by atoms with Crippen molar-refractivity contribution in [3.05, 3.63) is 262 Å². The molecule has 12 heteroatoms. The fourth-order valence-electron chi connectivity index (χ4n) is 10.5. The molecule has 9 aromatic rings. The molecule has 6 aliphatic heterocycles. The summed E-state index contributed by atoms with van der Waals surface area (Å²) in [7, 11) is 0. The van der Waals surface area contributed by atoms with Crippen molar-refractivity contribution in [2.24, 2.45) is 0 Å². The molecule has 12 nitrogen and oxygen atoms in total. The van der Waals surface area contributed by atoms with Crippen molar-refractivity contribution >= 4 is 155 Å². The fourth-order valence-corrected chi connectivity index (χ4v) is 10.5. The van der Waals surface area contributed by atoms with E-state index in [0.717, 1.165) is 100 Å². The van der Waals surface area contributed by atoms with E-state index in [1.807, 2.05) is 182 Å². The molecule has 24 bridgehead atoms. The standard InChI is InChI=1S/C72H36N12/c1-2-8-44-26-62-35-56-20-14-50(74-56)32-52-16-22-58(76-52)37-64-28-46(70(82-64)41-68(44)80-62)10-5-6-12-48-30-66-39-60-24-18-54(78-60)33-53-17-23-59(77-53)38-65-29-47(71(83-65)42-72(48)84-66)11-4-3-9-45-27-63-36-57-21-15-51(75-57)31-49-13-19-55(73-49)34-61-25-43(7-1)67(79-61)40-69(45)81-63/h13-42,73-74,77,81-82,84H. The molecule has 1 aliphatic carbocycles. The van der Waals surface area contributed by atoms with Crippen LogP contribution < -0.4 is 31.7 Å². The summed E-state index contributed by atoms with van der Waals surface area (Å²) in [6.45, 7) is 0. The lowest BCUT2D eigenvalue weighted by molar-refractivity contribution is 1.28. The number of nitrogens with zero attached hydrogens (tertiary/aromatic N) is 6. The molecule has 84 heavy (non-hydrogen) atoms. The third-order valence-electron chi connectivity index (χ3n) is 14.2. The summed E-state index contributed by atoms with van der Waals surface area (Å²) in [6, 6.07) is 42.0. The van der Waals surface area contributed by atoms with Crippen LogP contribution in [0.4, 0.5) is 0 Å². The fraction of sp³-hybridized carbons (Fsp3) is 0. The van der Waals surface area contributed by atoms with Crippen LogP contribution in [0.5, 0.6) is 0 Å². The van der Waals surface area contributed by atoms with Crippen LogP contribution in [0.3, 0.4) is 0 Å². The Kier molecular flexibility index (Phi) is 11.0. The van der Waals surface area contributed by atoms with Gasteiger partial charge >= 0.3 is 0 Å². The molecule has 0 atom stereocenters. The second-order valence-electron chi connectivity index (χ2n) is 20.3. The number of H-pyrrole nitrogens is 6. The number of aromatic amines is 6. The van der Waals surface area contributed by atoms with Gasteiger partial charge in [-0.15, -0.1) is 0 Å². The summed E-state index contributed by atoms with van der Waals surface area (Å²) in [4.78, 5) is 51.2. The lowest BCUT2D eigenvalue weighted by Crippen LogP contribution is -1.98. The number of fused-ring (bicyclic) bond motifs is 18. The van der Waals surface area contributed by atoms with Crippen LogP contribution in [0.2, 0.25) is 0 Å². The SMILES string of the molecule is C1=C=C=C2C=c3cc4ccc(cc5nc(cc6cc(c(cc2n3)[nH]6)=C=C=C=C=c2cc3cc6nc(cc7ccc(cc8nc(cc2[nH]3)C(=C=C=C=C=c2cc3cc9nc(cc%10ccc(cc%11nc(cc2[nH]3)C(=C=1)C=%11)[nH]%10)C=C9)C=8)[nH]7)C=C6)C=C5)[nH]4. The van der Waals surface area contributed by atoms with Crippen molar-refractivity contribution in [1.82, 2.24) is 59.8 Å². The molecule has 7 aliphatic rings.